The molecular weight excluding hydrogens is 419 g/mol. The van der Waals surface area contributed by atoms with Crippen LogP contribution in [0.25, 0.3) is 22.0 Å². The van der Waals surface area contributed by atoms with E-state index in [1.807, 2.05) is 43.3 Å². The highest BCUT2D eigenvalue weighted by Crippen LogP contribution is 2.29. The second-order valence-electron chi connectivity index (χ2n) is 7.79. The smallest absolute Gasteiger partial charge is 0.258 e. The molecule has 1 N–H and O–H groups in total. The number of hydrogen-bond donors (Lipinski definition) is 1. The molecule has 0 unspecified atom stereocenters. The number of nitrogens with zero attached hydrogens (tertiary/aromatic N) is 1. The van der Waals surface area contributed by atoms with Crippen molar-refractivity contribution in [1.29, 1.82) is 0 Å². The standard InChI is InChI=1S/C27H25FN2O3/c1-2-13-30-25-15-22(33-18-26(31)29-17-19-7-6-10-21(28)14-19)11-12-23(25)24(16-27(30)32)20-8-4-3-5-9-20/h3-12,14-16H,2,13,17-18H2,1H3,(H,29,31). The normalized spacial score (nSPS) is 10.8. The highest BCUT2D eigenvalue weighted by atomic mass is 19.1. The fourth-order valence-corrected chi connectivity index (χ4v) is 3.81. The van der Waals surface area contributed by atoms with Gasteiger partial charge >= 0.3 is 0 Å². The molecule has 0 radical (unpaired) electrons. The summed E-state index contributed by atoms with van der Waals surface area (Å²) in [7, 11) is 0. The average molecular weight is 445 g/mol. The summed E-state index contributed by atoms with van der Waals surface area (Å²) in [5, 5.41) is 3.66. The van der Waals surface area contributed by atoms with Crippen LogP contribution in [-0.4, -0.2) is 17.1 Å². The van der Waals surface area contributed by atoms with Crippen molar-refractivity contribution in [3.63, 3.8) is 0 Å². The van der Waals surface area contributed by atoms with Crippen LogP contribution in [0.3, 0.4) is 0 Å². The number of rotatable bonds is 8. The van der Waals surface area contributed by atoms with Crippen molar-refractivity contribution in [2.75, 3.05) is 6.61 Å². The Morgan fingerprint density at radius 1 is 1.00 bits per heavy atom. The number of halogens is 1. The minimum absolute atomic E-state index is 0.0758. The van der Waals surface area contributed by atoms with Gasteiger partial charge in [-0.2, -0.15) is 0 Å². The molecular formula is C27H25FN2O3. The number of aromatic nitrogens is 1. The number of benzene rings is 3. The first kappa shape index (κ1) is 22.3. The molecule has 0 fully saturated rings. The maximum absolute atomic E-state index is 13.3. The average Bonchev–Trinajstić information content (AvgIpc) is 2.83. The Hall–Kier alpha value is -3.93. The Morgan fingerprint density at radius 2 is 1.82 bits per heavy atom. The van der Waals surface area contributed by atoms with Gasteiger partial charge in [-0.05, 0) is 47.4 Å². The van der Waals surface area contributed by atoms with Crippen LogP contribution in [0.15, 0.2) is 83.7 Å². The molecule has 0 bridgehead atoms. The van der Waals surface area contributed by atoms with Gasteiger partial charge in [0.2, 0.25) is 0 Å². The van der Waals surface area contributed by atoms with Crippen LogP contribution in [-0.2, 0) is 17.9 Å². The zero-order valence-electron chi connectivity index (χ0n) is 18.4. The topological polar surface area (TPSA) is 60.3 Å². The lowest BCUT2D eigenvalue weighted by atomic mass is 10.0. The van der Waals surface area contributed by atoms with E-state index in [4.69, 9.17) is 4.74 Å². The Morgan fingerprint density at radius 3 is 2.58 bits per heavy atom. The zero-order chi connectivity index (χ0) is 23.2. The summed E-state index contributed by atoms with van der Waals surface area (Å²) in [5.41, 5.74) is 3.19. The molecule has 168 valence electrons. The minimum Gasteiger partial charge on any atom is -0.484 e. The number of carbonyl (C=O) groups is 1. The largest absolute Gasteiger partial charge is 0.484 e. The number of nitrogens with one attached hydrogen (secondary N) is 1. The summed E-state index contributed by atoms with van der Waals surface area (Å²) < 4.78 is 20.7. The third-order valence-electron chi connectivity index (χ3n) is 5.36. The molecule has 3 aromatic carbocycles. The van der Waals surface area contributed by atoms with Crippen molar-refractivity contribution in [3.8, 4) is 16.9 Å². The Labute approximate surface area is 191 Å². The second-order valence-corrected chi connectivity index (χ2v) is 7.79. The summed E-state index contributed by atoms with van der Waals surface area (Å²) in [6.07, 6.45) is 0.813. The number of ether oxygens (including phenoxy) is 1. The van der Waals surface area contributed by atoms with Gasteiger partial charge in [-0.15, -0.1) is 0 Å². The van der Waals surface area contributed by atoms with Crippen LogP contribution in [0.1, 0.15) is 18.9 Å². The highest BCUT2D eigenvalue weighted by molar-refractivity contribution is 5.95. The lowest BCUT2D eigenvalue weighted by molar-refractivity contribution is -0.123. The van der Waals surface area contributed by atoms with Gasteiger partial charge in [-0.3, -0.25) is 9.59 Å². The molecule has 1 aromatic heterocycles. The van der Waals surface area contributed by atoms with Crippen LogP contribution in [0.4, 0.5) is 4.39 Å². The van der Waals surface area contributed by atoms with Crippen molar-refractivity contribution in [2.24, 2.45) is 0 Å². The van der Waals surface area contributed by atoms with Crippen molar-refractivity contribution in [3.05, 3.63) is 101 Å². The van der Waals surface area contributed by atoms with Crippen LogP contribution in [0, 0.1) is 5.82 Å². The van der Waals surface area contributed by atoms with Crippen molar-refractivity contribution in [2.45, 2.75) is 26.4 Å². The highest BCUT2D eigenvalue weighted by Gasteiger charge is 2.12. The van der Waals surface area contributed by atoms with Crippen LogP contribution < -0.4 is 15.6 Å². The predicted molar refractivity (Wildman–Crippen MR) is 128 cm³/mol. The Kier molecular flexibility index (Phi) is 6.83. The first-order chi connectivity index (χ1) is 16.0. The third kappa shape index (κ3) is 5.29. The maximum atomic E-state index is 13.3. The van der Waals surface area contributed by atoms with E-state index in [-0.39, 0.29) is 30.4 Å². The summed E-state index contributed by atoms with van der Waals surface area (Å²) in [6, 6.07) is 23.1. The SMILES string of the molecule is CCCn1c(=O)cc(-c2ccccc2)c2ccc(OCC(=O)NCc3cccc(F)c3)cc21. The third-order valence-corrected chi connectivity index (χ3v) is 5.36. The fourth-order valence-electron chi connectivity index (χ4n) is 3.81. The molecule has 0 saturated heterocycles. The minimum atomic E-state index is -0.345. The van der Waals surface area contributed by atoms with Crippen molar-refractivity contribution in [1.82, 2.24) is 9.88 Å². The van der Waals surface area contributed by atoms with E-state index in [1.54, 1.807) is 34.9 Å². The Bertz CT molecular complexity index is 1330. The summed E-state index contributed by atoms with van der Waals surface area (Å²) in [5.74, 6) is -0.164. The molecule has 4 rings (SSSR count). The van der Waals surface area contributed by atoms with Crippen LogP contribution >= 0.6 is 0 Å². The molecule has 4 aromatic rings. The number of amides is 1. The molecule has 5 nitrogen and oxygen atoms in total. The van der Waals surface area contributed by atoms with Crippen molar-refractivity contribution < 1.29 is 13.9 Å². The summed E-state index contributed by atoms with van der Waals surface area (Å²) in [6.45, 7) is 2.64. The lowest BCUT2D eigenvalue weighted by Crippen LogP contribution is -2.28. The molecule has 0 aliphatic heterocycles. The summed E-state index contributed by atoms with van der Waals surface area (Å²) >= 11 is 0. The van der Waals surface area contributed by atoms with Gasteiger partial charge in [-0.25, -0.2) is 4.39 Å². The quantitative estimate of drug-likeness (QED) is 0.420. The molecule has 0 saturated carbocycles. The number of aryl methyl sites for hydroxylation is 1. The molecule has 0 aliphatic rings. The van der Waals surface area contributed by atoms with Crippen LogP contribution in [0.2, 0.25) is 0 Å². The van der Waals surface area contributed by atoms with Crippen LogP contribution in [0.5, 0.6) is 5.75 Å². The zero-order valence-corrected chi connectivity index (χ0v) is 18.4. The van der Waals surface area contributed by atoms with Gasteiger partial charge < -0.3 is 14.6 Å². The molecule has 33 heavy (non-hydrogen) atoms. The molecule has 1 heterocycles. The Balaban J connectivity index is 1.55. The predicted octanol–water partition coefficient (Wildman–Crippen LogP) is 4.91. The molecule has 0 atom stereocenters. The fraction of sp³-hybridized carbons (Fsp3) is 0.185. The number of hydrogen-bond acceptors (Lipinski definition) is 3. The second kappa shape index (κ2) is 10.1. The van der Waals surface area contributed by atoms with E-state index in [9.17, 15) is 14.0 Å². The molecule has 6 heteroatoms. The molecule has 1 amide bonds. The number of fused-ring (bicyclic) bond motifs is 1. The number of carbonyl (C=O) groups excluding carboxylic acids is 1. The number of pyridine rings is 1. The molecule has 0 spiro atoms. The van der Waals surface area contributed by atoms with Gasteiger partial charge in [0.15, 0.2) is 6.61 Å². The van der Waals surface area contributed by atoms with E-state index < -0.39 is 0 Å². The van der Waals surface area contributed by atoms with Crippen molar-refractivity contribution >= 4 is 16.8 Å². The maximum Gasteiger partial charge on any atom is 0.258 e. The monoisotopic (exact) mass is 444 g/mol. The van der Waals surface area contributed by atoms with E-state index in [0.717, 1.165) is 28.5 Å². The van der Waals surface area contributed by atoms with Gasteiger partial charge in [0.25, 0.3) is 11.5 Å². The molecule has 0 aliphatic carbocycles. The van der Waals surface area contributed by atoms with Gasteiger partial charge in [0, 0.05) is 30.6 Å². The van der Waals surface area contributed by atoms with E-state index in [1.165, 1.54) is 12.1 Å². The van der Waals surface area contributed by atoms with E-state index in [0.29, 0.717) is 17.9 Å². The van der Waals surface area contributed by atoms with E-state index in [2.05, 4.69) is 5.32 Å². The summed E-state index contributed by atoms with van der Waals surface area (Å²) in [4.78, 5) is 25.1. The first-order valence-electron chi connectivity index (χ1n) is 10.9. The van der Waals surface area contributed by atoms with E-state index >= 15 is 0 Å². The lowest BCUT2D eigenvalue weighted by Gasteiger charge is -2.15. The van der Waals surface area contributed by atoms with Gasteiger partial charge in [0.1, 0.15) is 11.6 Å². The van der Waals surface area contributed by atoms with Gasteiger partial charge in [0.05, 0.1) is 5.52 Å². The first-order valence-corrected chi connectivity index (χ1v) is 10.9. The van der Waals surface area contributed by atoms with Gasteiger partial charge in [-0.1, -0.05) is 49.4 Å².